The molecule has 7 heavy (non-hydrogen) atoms. The van der Waals surface area contributed by atoms with Crippen LogP contribution in [0.25, 0.3) is 0 Å². The van der Waals surface area contributed by atoms with Gasteiger partial charge in [0.05, 0.1) is 0 Å². The largest absolute Gasteiger partial charge is 1.00 e. The van der Waals surface area contributed by atoms with Crippen molar-refractivity contribution in [1.82, 2.24) is 0 Å². The maximum absolute atomic E-state index is 4.75. The Bertz CT molecular complexity index is 41.4. The van der Waals surface area contributed by atoms with Gasteiger partial charge in [-0.2, -0.15) is 0 Å². The van der Waals surface area contributed by atoms with Crippen molar-refractivity contribution in [3.05, 3.63) is 0 Å². The molecule has 0 bridgehead atoms. The Labute approximate surface area is 59.4 Å². The molecule has 0 radical (unpaired) electrons. The second kappa shape index (κ2) is 3.73. The van der Waals surface area contributed by atoms with Crippen molar-refractivity contribution in [1.29, 1.82) is 0 Å². The summed E-state index contributed by atoms with van der Waals surface area (Å²) in [5, 5.41) is 0. The molecule has 0 fully saturated rings. The first-order valence-electron chi connectivity index (χ1n) is 1.86. The summed E-state index contributed by atoms with van der Waals surface area (Å²) in [5.74, 6) is 0. The number of hydrogen-bond donors (Lipinski definition) is 0. The van der Waals surface area contributed by atoms with E-state index < -0.39 is 0 Å². The first-order valence-corrected chi connectivity index (χ1v) is 2.34. The van der Waals surface area contributed by atoms with Crippen LogP contribution < -0.4 is 12.4 Å². The van der Waals surface area contributed by atoms with E-state index in [2.05, 4.69) is 16.3 Å². The van der Waals surface area contributed by atoms with E-state index in [1.165, 1.54) is 0 Å². The van der Waals surface area contributed by atoms with Gasteiger partial charge in [0.1, 0.15) is 0 Å². The van der Waals surface area contributed by atoms with E-state index in [-0.39, 0.29) is 18.0 Å². The molecular formula is C4H9ClMnO. The third-order valence-corrected chi connectivity index (χ3v) is 0.954. The normalized spacial score (nSPS) is 10.1. The van der Waals surface area contributed by atoms with E-state index >= 15 is 0 Å². The van der Waals surface area contributed by atoms with Crippen LogP contribution in [0.15, 0.2) is 0 Å². The number of halogens is 1. The summed E-state index contributed by atoms with van der Waals surface area (Å²) < 4.78 is 4.75. The molecule has 45 valence electrons. The number of rotatable bonds is 0. The molecule has 1 nitrogen and oxygen atoms in total. The summed E-state index contributed by atoms with van der Waals surface area (Å²) in [7, 11) is 0. The second-order valence-electron chi connectivity index (χ2n) is 2.19. The second-order valence-corrected chi connectivity index (χ2v) is 2.43. The Morgan fingerprint density at radius 3 is 1.43 bits per heavy atom. The van der Waals surface area contributed by atoms with Crippen LogP contribution in [-0.4, -0.2) is 5.60 Å². The molecule has 0 aliphatic rings. The van der Waals surface area contributed by atoms with E-state index in [1.807, 2.05) is 20.8 Å². The van der Waals surface area contributed by atoms with E-state index in [0.29, 0.717) is 0 Å². The summed E-state index contributed by atoms with van der Waals surface area (Å²) in [6.07, 6.45) is 0. The van der Waals surface area contributed by atoms with Crippen molar-refractivity contribution in [2.75, 3.05) is 0 Å². The quantitative estimate of drug-likeness (QED) is 0.386. The van der Waals surface area contributed by atoms with Crippen molar-refractivity contribution < 1.29 is 32.6 Å². The monoisotopic (exact) mass is 163 g/mol. The molecule has 0 saturated heterocycles. The molecule has 0 aromatic heterocycles. The Balaban J connectivity index is 0. The molecule has 0 saturated carbocycles. The fourth-order valence-electron chi connectivity index (χ4n) is 0. The summed E-state index contributed by atoms with van der Waals surface area (Å²) in [4.78, 5) is 0. The van der Waals surface area contributed by atoms with E-state index in [9.17, 15) is 0 Å². The van der Waals surface area contributed by atoms with Gasteiger partial charge in [-0.05, 0) is 0 Å². The van der Waals surface area contributed by atoms with Gasteiger partial charge in [0.15, 0.2) is 0 Å². The molecular weight excluding hydrogens is 154 g/mol. The molecule has 0 aromatic rings. The van der Waals surface area contributed by atoms with Crippen molar-refractivity contribution in [2.24, 2.45) is 0 Å². The van der Waals surface area contributed by atoms with Crippen molar-refractivity contribution >= 4 is 0 Å². The smallest absolute Gasteiger partial charge is 1.00 e. The van der Waals surface area contributed by atoms with Gasteiger partial charge in [-0.3, -0.25) is 0 Å². The third-order valence-electron chi connectivity index (χ3n) is 0.231. The molecule has 0 atom stereocenters. The summed E-state index contributed by atoms with van der Waals surface area (Å²) in [6, 6.07) is 0. The third kappa shape index (κ3) is 10.8. The molecule has 0 rings (SSSR count). The Hall–Kier alpha value is 0.769. The van der Waals surface area contributed by atoms with Crippen LogP contribution in [0.2, 0.25) is 0 Å². The van der Waals surface area contributed by atoms with Crippen molar-refractivity contribution in [3.63, 3.8) is 0 Å². The topological polar surface area (TPSA) is 9.23 Å². The zero-order valence-corrected chi connectivity index (χ0v) is 6.60. The molecule has 0 amide bonds. The molecule has 0 unspecified atom stereocenters. The Kier molecular flexibility index (Phi) is 5.70. The summed E-state index contributed by atoms with van der Waals surface area (Å²) in [6.45, 7) is 5.92. The summed E-state index contributed by atoms with van der Waals surface area (Å²) in [5.41, 5.74) is -0.0417. The molecule has 0 aromatic carbocycles. The van der Waals surface area contributed by atoms with Gasteiger partial charge in [0, 0.05) is 0 Å². The van der Waals surface area contributed by atoms with Gasteiger partial charge in [0.25, 0.3) is 0 Å². The van der Waals surface area contributed by atoms with Crippen LogP contribution in [0.3, 0.4) is 0 Å². The van der Waals surface area contributed by atoms with E-state index in [0.717, 1.165) is 0 Å². The van der Waals surface area contributed by atoms with Crippen LogP contribution in [0, 0.1) is 0 Å². The van der Waals surface area contributed by atoms with Crippen LogP contribution in [0.4, 0.5) is 0 Å². The van der Waals surface area contributed by atoms with E-state index in [1.54, 1.807) is 0 Å². The Morgan fingerprint density at radius 2 is 1.43 bits per heavy atom. The first kappa shape index (κ1) is 10.7. The van der Waals surface area contributed by atoms with Gasteiger partial charge < -0.3 is 12.4 Å². The SMILES string of the molecule is CC(C)(C)[O][Mn+].[Cl-]. The number of hydrogen-bond acceptors (Lipinski definition) is 1. The van der Waals surface area contributed by atoms with Gasteiger partial charge >= 0.3 is 46.5 Å². The van der Waals surface area contributed by atoms with Gasteiger partial charge in [0.2, 0.25) is 0 Å². The maximum atomic E-state index is 4.75. The average Bonchev–Trinajstić information content (AvgIpc) is 1.35. The minimum Gasteiger partial charge on any atom is -1.00 e. The predicted octanol–water partition coefficient (Wildman–Crippen LogP) is -1.73. The fourth-order valence-corrected chi connectivity index (χ4v) is 0. The minimum atomic E-state index is -0.0417. The minimum absolute atomic E-state index is 0. The molecule has 0 heterocycles. The molecule has 3 heteroatoms. The van der Waals surface area contributed by atoms with Crippen LogP contribution >= 0.6 is 0 Å². The molecule has 0 N–H and O–H groups in total. The van der Waals surface area contributed by atoms with E-state index in [4.69, 9.17) is 3.82 Å². The average molecular weight is 164 g/mol. The zero-order valence-electron chi connectivity index (χ0n) is 4.66. The molecule has 0 aliphatic heterocycles. The van der Waals surface area contributed by atoms with Gasteiger partial charge in [-0.25, -0.2) is 0 Å². The Morgan fingerprint density at radius 1 is 1.29 bits per heavy atom. The van der Waals surface area contributed by atoms with Crippen molar-refractivity contribution in [3.8, 4) is 0 Å². The predicted molar refractivity (Wildman–Crippen MR) is 20.8 cm³/mol. The van der Waals surface area contributed by atoms with Crippen LogP contribution in [-0.2, 0) is 20.2 Å². The fraction of sp³-hybridized carbons (Fsp3) is 1.00. The summed E-state index contributed by atoms with van der Waals surface area (Å²) >= 11 is 2.87. The zero-order chi connectivity index (χ0) is 5.21. The first-order chi connectivity index (χ1) is 2.56. The van der Waals surface area contributed by atoms with Gasteiger partial charge in [-0.1, -0.05) is 0 Å². The maximum Gasteiger partial charge on any atom is -1.00 e. The van der Waals surface area contributed by atoms with Crippen LogP contribution in [0.1, 0.15) is 20.8 Å². The van der Waals surface area contributed by atoms with Crippen molar-refractivity contribution in [2.45, 2.75) is 26.4 Å². The standard InChI is InChI=1S/C4H9O.ClH.Mn/c1-4(2,3)5;;/h1-3H3;1H;/q-1;;+2/p-1. The van der Waals surface area contributed by atoms with Crippen LogP contribution in [0.5, 0.6) is 0 Å². The molecule has 0 spiro atoms. The molecule has 0 aliphatic carbocycles. The van der Waals surface area contributed by atoms with Gasteiger partial charge in [-0.15, -0.1) is 0 Å².